The van der Waals surface area contributed by atoms with E-state index in [9.17, 15) is 9.59 Å². The van der Waals surface area contributed by atoms with Crippen LogP contribution in [0.2, 0.25) is 0 Å². The van der Waals surface area contributed by atoms with Crippen molar-refractivity contribution in [1.29, 1.82) is 0 Å². The summed E-state index contributed by atoms with van der Waals surface area (Å²) < 4.78 is 1.78. The molecule has 116 valence electrons. The molecule has 2 amide bonds. The van der Waals surface area contributed by atoms with Crippen LogP contribution < -0.4 is 5.32 Å². The molecule has 5 nitrogen and oxygen atoms in total. The molecule has 0 saturated heterocycles. The molecule has 0 saturated carbocycles. The van der Waals surface area contributed by atoms with Crippen molar-refractivity contribution < 1.29 is 9.59 Å². The summed E-state index contributed by atoms with van der Waals surface area (Å²) in [5.74, 6) is -0.212. The highest BCUT2D eigenvalue weighted by Crippen LogP contribution is 2.20. The molecule has 1 unspecified atom stereocenters. The topological polar surface area (TPSA) is 64.0 Å². The Kier molecular flexibility index (Phi) is 5.47. The van der Waals surface area contributed by atoms with Crippen molar-refractivity contribution in [2.24, 2.45) is 5.92 Å². The van der Waals surface area contributed by atoms with E-state index >= 15 is 0 Å². The molecule has 1 atom stereocenters. The second-order valence-electron chi connectivity index (χ2n) is 5.72. The number of hydrogen-bond donors (Lipinski definition) is 1. The number of amides is 2. The Balaban J connectivity index is 1.98. The zero-order valence-corrected chi connectivity index (χ0v) is 12.9. The monoisotopic (exact) mass is 299 g/mol. The van der Waals surface area contributed by atoms with Crippen LogP contribution in [0.3, 0.4) is 0 Å². The van der Waals surface area contributed by atoms with E-state index < -0.39 is 0 Å². The summed E-state index contributed by atoms with van der Waals surface area (Å²) in [6.45, 7) is 4.20. The van der Waals surface area contributed by atoms with E-state index in [1.54, 1.807) is 35.1 Å². The maximum Gasteiger partial charge on any atom is 0.257 e. The van der Waals surface area contributed by atoms with Crippen molar-refractivity contribution in [1.82, 2.24) is 15.1 Å². The van der Waals surface area contributed by atoms with Gasteiger partial charge >= 0.3 is 0 Å². The lowest BCUT2D eigenvalue weighted by atomic mass is 10.0. The molecule has 1 N–H and O–H groups in total. The smallest absolute Gasteiger partial charge is 0.257 e. The van der Waals surface area contributed by atoms with Crippen LogP contribution in [0.1, 0.15) is 43.1 Å². The Labute approximate surface area is 130 Å². The number of nitrogens with zero attached hydrogens (tertiary/aromatic N) is 2. The third kappa shape index (κ3) is 4.55. The van der Waals surface area contributed by atoms with Crippen LogP contribution >= 0.6 is 0 Å². The van der Waals surface area contributed by atoms with Gasteiger partial charge < -0.3 is 0 Å². The SMILES string of the molecule is CC(C)CC(CC(=O)NC(=O)c1ccccc1)n1cccn1. The Hall–Kier alpha value is -2.43. The quantitative estimate of drug-likeness (QED) is 0.892. The van der Waals surface area contributed by atoms with Gasteiger partial charge in [-0.3, -0.25) is 19.6 Å². The summed E-state index contributed by atoms with van der Waals surface area (Å²) in [5.41, 5.74) is 0.482. The fourth-order valence-electron chi connectivity index (χ4n) is 2.38. The van der Waals surface area contributed by atoms with Gasteiger partial charge in [-0.25, -0.2) is 0 Å². The summed E-state index contributed by atoms with van der Waals surface area (Å²) >= 11 is 0. The maximum absolute atomic E-state index is 12.1. The van der Waals surface area contributed by atoms with Gasteiger partial charge in [0.25, 0.3) is 5.91 Å². The zero-order chi connectivity index (χ0) is 15.9. The number of benzene rings is 1. The summed E-state index contributed by atoms with van der Waals surface area (Å²) in [4.78, 5) is 24.1. The van der Waals surface area contributed by atoms with E-state index in [1.165, 1.54) is 0 Å². The van der Waals surface area contributed by atoms with E-state index in [0.29, 0.717) is 11.5 Å². The highest BCUT2D eigenvalue weighted by Gasteiger charge is 2.19. The first kappa shape index (κ1) is 15.9. The molecule has 5 heteroatoms. The molecule has 2 aromatic rings. The molecule has 0 spiro atoms. The van der Waals surface area contributed by atoms with E-state index in [4.69, 9.17) is 0 Å². The molecule has 1 aromatic heterocycles. The predicted molar refractivity (Wildman–Crippen MR) is 84.3 cm³/mol. The van der Waals surface area contributed by atoms with Crippen molar-refractivity contribution in [3.05, 3.63) is 54.4 Å². The van der Waals surface area contributed by atoms with E-state index in [0.717, 1.165) is 6.42 Å². The lowest BCUT2D eigenvalue weighted by molar-refractivity contribution is -0.121. The molecule has 0 radical (unpaired) electrons. The van der Waals surface area contributed by atoms with Crippen molar-refractivity contribution in [3.8, 4) is 0 Å². The van der Waals surface area contributed by atoms with Gasteiger partial charge in [0, 0.05) is 24.4 Å². The Morgan fingerprint density at radius 1 is 1.18 bits per heavy atom. The first-order valence-corrected chi connectivity index (χ1v) is 7.44. The van der Waals surface area contributed by atoms with E-state index in [1.807, 2.05) is 18.3 Å². The van der Waals surface area contributed by atoms with Crippen molar-refractivity contribution in [2.45, 2.75) is 32.7 Å². The van der Waals surface area contributed by atoms with Gasteiger partial charge in [0.1, 0.15) is 0 Å². The number of carbonyl (C=O) groups is 2. The Morgan fingerprint density at radius 2 is 1.91 bits per heavy atom. The van der Waals surface area contributed by atoms with Crippen molar-refractivity contribution in [3.63, 3.8) is 0 Å². The third-order valence-electron chi connectivity index (χ3n) is 3.35. The minimum Gasteiger partial charge on any atom is -0.292 e. The molecule has 0 bridgehead atoms. The fraction of sp³-hybridized carbons (Fsp3) is 0.353. The largest absolute Gasteiger partial charge is 0.292 e. The Morgan fingerprint density at radius 3 is 2.50 bits per heavy atom. The van der Waals surface area contributed by atoms with Crippen LogP contribution in [0.5, 0.6) is 0 Å². The van der Waals surface area contributed by atoms with Crippen LogP contribution in [-0.4, -0.2) is 21.6 Å². The minimum atomic E-state index is -0.366. The van der Waals surface area contributed by atoms with Gasteiger partial charge in [-0.15, -0.1) is 0 Å². The average molecular weight is 299 g/mol. The molecule has 0 aliphatic heterocycles. The molecule has 1 aromatic carbocycles. The van der Waals surface area contributed by atoms with Crippen LogP contribution in [0.25, 0.3) is 0 Å². The number of rotatable bonds is 6. The summed E-state index contributed by atoms with van der Waals surface area (Å²) in [5, 5.41) is 6.65. The molecule has 0 aliphatic carbocycles. The highest BCUT2D eigenvalue weighted by molar-refractivity contribution is 6.04. The van der Waals surface area contributed by atoms with Crippen LogP contribution in [0.15, 0.2) is 48.8 Å². The van der Waals surface area contributed by atoms with Crippen molar-refractivity contribution in [2.75, 3.05) is 0 Å². The van der Waals surface area contributed by atoms with E-state index in [2.05, 4.69) is 24.3 Å². The number of nitrogens with one attached hydrogen (secondary N) is 1. The zero-order valence-electron chi connectivity index (χ0n) is 12.9. The number of hydrogen-bond acceptors (Lipinski definition) is 3. The highest BCUT2D eigenvalue weighted by atomic mass is 16.2. The van der Waals surface area contributed by atoms with Crippen LogP contribution in [0, 0.1) is 5.92 Å². The average Bonchev–Trinajstić information content (AvgIpc) is 3.01. The molecule has 22 heavy (non-hydrogen) atoms. The summed E-state index contributed by atoms with van der Waals surface area (Å²) in [7, 11) is 0. The van der Waals surface area contributed by atoms with Crippen LogP contribution in [0.4, 0.5) is 0 Å². The second-order valence-corrected chi connectivity index (χ2v) is 5.72. The van der Waals surface area contributed by atoms with Crippen molar-refractivity contribution >= 4 is 11.8 Å². The van der Waals surface area contributed by atoms with Gasteiger partial charge in [0.2, 0.25) is 5.91 Å². The predicted octanol–water partition coefficient (Wildman–Crippen LogP) is 2.82. The molecular formula is C17H21N3O2. The number of carbonyl (C=O) groups excluding carboxylic acids is 2. The molecule has 2 rings (SSSR count). The van der Waals surface area contributed by atoms with Gasteiger partial charge in [0.05, 0.1) is 6.04 Å². The third-order valence-corrected chi connectivity index (χ3v) is 3.35. The normalized spacial score (nSPS) is 12.1. The fourth-order valence-corrected chi connectivity index (χ4v) is 2.38. The molecule has 1 heterocycles. The minimum absolute atomic E-state index is 0.0430. The van der Waals surface area contributed by atoms with Gasteiger partial charge in [-0.1, -0.05) is 32.0 Å². The lowest BCUT2D eigenvalue weighted by Crippen LogP contribution is -2.32. The van der Waals surface area contributed by atoms with Gasteiger partial charge in [0.15, 0.2) is 0 Å². The second kappa shape index (κ2) is 7.54. The molecule has 0 aliphatic rings. The summed E-state index contributed by atoms with van der Waals surface area (Å²) in [6.07, 6.45) is 4.60. The number of aromatic nitrogens is 2. The van der Waals surface area contributed by atoms with Crippen LogP contribution in [-0.2, 0) is 4.79 Å². The number of imide groups is 1. The first-order chi connectivity index (χ1) is 10.6. The molecular weight excluding hydrogens is 278 g/mol. The standard InChI is InChI=1S/C17H21N3O2/c1-13(2)11-15(20-10-6-9-18-20)12-16(21)19-17(22)14-7-4-3-5-8-14/h3-10,13,15H,11-12H2,1-2H3,(H,19,21,22). The van der Waals surface area contributed by atoms with Gasteiger partial charge in [-0.2, -0.15) is 5.10 Å². The lowest BCUT2D eigenvalue weighted by Gasteiger charge is -2.19. The Bertz CT molecular complexity index is 606. The maximum atomic E-state index is 12.1. The summed E-state index contributed by atoms with van der Waals surface area (Å²) in [6, 6.07) is 10.5. The van der Waals surface area contributed by atoms with Gasteiger partial charge in [-0.05, 0) is 30.5 Å². The molecule has 0 fully saturated rings. The first-order valence-electron chi connectivity index (χ1n) is 7.44. The van der Waals surface area contributed by atoms with E-state index in [-0.39, 0.29) is 24.3 Å².